The number of aromatic nitrogens is 3. The third-order valence-electron chi connectivity index (χ3n) is 3.70. The lowest BCUT2D eigenvalue weighted by molar-refractivity contribution is 0.0994. The summed E-state index contributed by atoms with van der Waals surface area (Å²) in [5, 5.41) is 8.96. The second-order valence-corrected chi connectivity index (χ2v) is 6.86. The molecule has 0 saturated heterocycles. The second-order valence-electron chi connectivity index (χ2n) is 5.59. The highest BCUT2D eigenvalue weighted by Crippen LogP contribution is 2.28. The molecule has 4 rings (SSSR count). The normalized spacial score (nSPS) is 10.9. The van der Waals surface area contributed by atoms with Crippen molar-refractivity contribution in [2.24, 2.45) is 0 Å². The molecular weight excluding hydrogens is 391 g/mol. The van der Waals surface area contributed by atoms with E-state index in [0.717, 1.165) is 0 Å². The summed E-state index contributed by atoms with van der Waals surface area (Å²) in [5.74, 6) is -0.101. The minimum atomic E-state index is -0.493. The lowest BCUT2D eigenvalue weighted by Gasteiger charge is -2.00. The topological polar surface area (TPSA) is 73.0 Å². The van der Waals surface area contributed by atoms with Crippen LogP contribution < -0.4 is 5.32 Å². The van der Waals surface area contributed by atoms with Crippen LogP contribution in [-0.2, 0) is 6.54 Å². The van der Waals surface area contributed by atoms with Crippen LogP contribution in [0.25, 0.3) is 11.3 Å². The highest BCUT2D eigenvalue weighted by Gasteiger charge is 2.14. The van der Waals surface area contributed by atoms with E-state index < -0.39 is 11.7 Å². The zero-order valence-corrected chi connectivity index (χ0v) is 15.3. The monoisotopic (exact) mass is 402 g/mol. The molecule has 0 aliphatic heterocycles. The zero-order chi connectivity index (χ0) is 18.8. The number of carbonyl (C=O) groups excluding carboxylic acids is 1. The van der Waals surface area contributed by atoms with E-state index in [0.29, 0.717) is 28.7 Å². The fourth-order valence-electron chi connectivity index (χ4n) is 2.42. The van der Waals surface area contributed by atoms with E-state index in [1.165, 1.54) is 23.5 Å². The Labute approximate surface area is 162 Å². The SMILES string of the molecule is O=C(Nc1nc(-c2ccc(F)c(Cl)c2)cs1)c1ccc(Cn2cccn2)o1. The summed E-state index contributed by atoms with van der Waals surface area (Å²) < 4.78 is 20.5. The van der Waals surface area contributed by atoms with Gasteiger partial charge in [0.2, 0.25) is 0 Å². The van der Waals surface area contributed by atoms with Gasteiger partial charge in [0, 0.05) is 23.3 Å². The maximum atomic E-state index is 13.3. The number of hydrogen-bond acceptors (Lipinski definition) is 5. The van der Waals surface area contributed by atoms with Crippen LogP contribution >= 0.6 is 22.9 Å². The van der Waals surface area contributed by atoms with Gasteiger partial charge in [0.25, 0.3) is 5.91 Å². The third kappa shape index (κ3) is 3.91. The maximum Gasteiger partial charge on any atom is 0.293 e. The number of nitrogens with one attached hydrogen (secondary N) is 1. The molecule has 0 spiro atoms. The van der Waals surface area contributed by atoms with Gasteiger partial charge in [-0.05, 0) is 36.4 Å². The maximum absolute atomic E-state index is 13.3. The van der Waals surface area contributed by atoms with Gasteiger partial charge >= 0.3 is 0 Å². The van der Waals surface area contributed by atoms with Crippen LogP contribution in [0.4, 0.5) is 9.52 Å². The Hall–Kier alpha value is -2.97. The first kappa shape index (κ1) is 17.4. The molecule has 0 saturated carbocycles. The average molecular weight is 403 g/mol. The van der Waals surface area contributed by atoms with Crippen molar-refractivity contribution in [1.82, 2.24) is 14.8 Å². The van der Waals surface area contributed by atoms with Gasteiger partial charge in [-0.3, -0.25) is 14.8 Å². The number of carbonyl (C=O) groups is 1. The van der Waals surface area contributed by atoms with Crippen LogP contribution in [0.1, 0.15) is 16.3 Å². The van der Waals surface area contributed by atoms with E-state index in [1.807, 2.05) is 6.07 Å². The van der Waals surface area contributed by atoms with Crippen LogP contribution in [-0.4, -0.2) is 20.7 Å². The van der Waals surface area contributed by atoms with Gasteiger partial charge < -0.3 is 4.42 Å². The van der Waals surface area contributed by atoms with E-state index in [9.17, 15) is 9.18 Å². The number of furan rings is 1. The largest absolute Gasteiger partial charge is 0.454 e. The standard InChI is InChI=1S/C18H12ClFN4O2S/c19-13-8-11(2-4-14(13)20)15-10-27-18(22-15)23-17(25)16-5-3-12(26-16)9-24-7-1-6-21-24/h1-8,10H,9H2,(H,22,23,25). The van der Waals surface area contributed by atoms with Crippen LogP contribution in [0, 0.1) is 5.82 Å². The number of nitrogens with zero attached hydrogens (tertiary/aromatic N) is 3. The van der Waals surface area contributed by atoms with Crippen LogP contribution in [0.5, 0.6) is 0 Å². The van der Waals surface area contributed by atoms with Crippen LogP contribution in [0.2, 0.25) is 5.02 Å². The number of benzene rings is 1. The highest BCUT2D eigenvalue weighted by atomic mass is 35.5. The van der Waals surface area contributed by atoms with Gasteiger partial charge in [0.1, 0.15) is 11.6 Å². The Kier molecular flexibility index (Phi) is 4.74. The predicted molar refractivity (Wildman–Crippen MR) is 101 cm³/mol. The predicted octanol–water partition coefficient (Wildman–Crippen LogP) is 4.69. The number of rotatable bonds is 5. The zero-order valence-electron chi connectivity index (χ0n) is 13.7. The van der Waals surface area contributed by atoms with Crippen molar-refractivity contribution in [2.45, 2.75) is 6.54 Å². The quantitative estimate of drug-likeness (QED) is 0.525. The first-order valence-electron chi connectivity index (χ1n) is 7.87. The number of hydrogen-bond donors (Lipinski definition) is 1. The number of amides is 1. The molecule has 1 amide bonds. The molecular formula is C18H12ClFN4O2S. The molecule has 0 bridgehead atoms. The molecule has 6 nitrogen and oxygen atoms in total. The fourth-order valence-corrected chi connectivity index (χ4v) is 3.31. The Bertz CT molecular complexity index is 1090. The highest BCUT2D eigenvalue weighted by molar-refractivity contribution is 7.14. The van der Waals surface area contributed by atoms with Crippen LogP contribution in [0.3, 0.4) is 0 Å². The number of anilines is 1. The molecule has 9 heteroatoms. The smallest absolute Gasteiger partial charge is 0.293 e. The third-order valence-corrected chi connectivity index (χ3v) is 4.75. The molecule has 27 heavy (non-hydrogen) atoms. The summed E-state index contributed by atoms with van der Waals surface area (Å²) in [6, 6.07) is 9.48. The number of halogens is 2. The minimum absolute atomic E-state index is 0.0198. The van der Waals surface area contributed by atoms with Crippen LogP contribution in [0.15, 0.2) is 58.6 Å². The Balaban J connectivity index is 1.45. The van der Waals surface area contributed by atoms with Gasteiger partial charge in [-0.15, -0.1) is 11.3 Å². The molecule has 0 radical (unpaired) electrons. The number of thiazole rings is 1. The Morgan fingerprint density at radius 2 is 2.22 bits per heavy atom. The molecule has 0 atom stereocenters. The first-order valence-corrected chi connectivity index (χ1v) is 9.13. The van der Waals surface area contributed by atoms with Gasteiger partial charge in [-0.1, -0.05) is 11.6 Å². The van der Waals surface area contributed by atoms with E-state index in [4.69, 9.17) is 16.0 Å². The van der Waals surface area contributed by atoms with Crippen molar-refractivity contribution < 1.29 is 13.6 Å². The summed E-state index contributed by atoms with van der Waals surface area (Å²) in [6.45, 7) is 0.438. The molecule has 0 fully saturated rings. The molecule has 0 unspecified atom stereocenters. The average Bonchev–Trinajstić information content (AvgIpc) is 3.40. The van der Waals surface area contributed by atoms with Gasteiger partial charge in [0.15, 0.2) is 10.9 Å². The lowest BCUT2D eigenvalue weighted by Crippen LogP contribution is -2.10. The van der Waals surface area contributed by atoms with Crippen molar-refractivity contribution in [3.05, 3.63) is 76.5 Å². The molecule has 0 aliphatic carbocycles. The molecule has 4 aromatic rings. The van der Waals surface area contributed by atoms with Crippen molar-refractivity contribution >= 4 is 34.0 Å². The molecule has 3 heterocycles. The molecule has 3 aromatic heterocycles. The fraction of sp³-hybridized carbons (Fsp3) is 0.0556. The van der Waals surface area contributed by atoms with Gasteiger partial charge in [-0.2, -0.15) is 5.10 Å². The van der Waals surface area contributed by atoms with Crippen molar-refractivity contribution in [2.75, 3.05) is 5.32 Å². The van der Waals surface area contributed by atoms with E-state index in [-0.39, 0.29) is 10.8 Å². The molecule has 0 aliphatic rings. The van der Waals surface area contributed by atoms with Gasteiger partial charge in [-0.25, -0.2) is 9.37 Å². The summed E-state index contributed by atoms with van der Waals surface area (Å²) in [7, 11) is 0. The molecule has 1 aromatic carbocycles. The summed E-state index contributed by atoms with van der Waals surface area (Å²) >= 11 is 7.05. The van der Waals surface area contributed by atoms with Gasteiger partial charge in [0.05, 0.1) is 17.3 Å². The molecule has 1 N–H and O–H groups in total. The lowest BCUT2D eigenvalue weighted by atomic mass is 10.2. The summed E-state index contributed by atoms with van der Waals surface area (Å²) in [5.41, 5.74) is 1.26. The first-order chi connectivity index (χ1) is 13.1. The Morgan fingerprint density at radius 3 is 3.00 bits per heavy atom. The van der Waals surface area contributed by atoms with Crippen molar-refractivity contribution in [1.29, 1.82) is 0 Å². The van der Waals surface area contributed by atoms with E-state index in [1.54, 1.807) is 40.7 Å². The molecule has 136 valence electrons. The van der Waals surface area contributed by atoms with Crippen molar-refractivity contribution in [3.8, 4) is 11.3 Å². The van der Waals surface area contributed by atoms with E-state index >= 15 is 0 Å². The van der Waals surface area contributed by atoms with Crippen molar-refractivity contribution in [3.63, 3.8) is 0 Å². The second kappa shape index (κ2) is 7.34. The minimum Gasteiger partial charge on any atom is -0.454 e. The van der Waals surface area contributed by atoms with E-state index in [2.05, 4.69) is 15.4 Å². The summed E-state index contributed by atoms with van der Waals surface area (Å²) in [4.78, 5) is 16.7. The Morgan fingerprint density at radius 1 is 1.33 bits per heavy atom. The summed E-state index contributed by atoms with van der Waals surface area (Å²) in [6.07, 6.45) is 3.48.